The maximum Gasteiger partial charge on any atom is 0.228 e. The van der Waals surface area contributed by atoms with Crippen LogP contribution in [0.3, 0.4) is 0 Å². The van der Waals surface area contributed by atoms with Gasteiger partial charge in [-0.3, -0.25) is 9.69 Å². The van der Waals surface area contributed by atoms with Crippen LogP contribution >= 0.6 is 22.9 Å². The summed E-state index contributed by atoms with van der Waals surface area (Å²) in [5.41, 5.74) is 1.02. The van der Waals surface area contributed by atoms with Crippen LogP contribution in [0.2, 0.25) is 5.02 Å². The minimum absolute atomic E-state index is 0.00318. The van der Waals surface area contributed by atoms with Crippen LogP contribution in [0.25, 0.3) is 10.6 Å². The average molecular weight is 430 g/mol. The molecular weight excluding hydrogens is 410 g/mol. The van der Waals surface area contributed by atoms with Crippen LogP contribution in [0.1, 0.15) is 24.3 Å². The zero-order chi connectivity index (χ0) is 20.4. The number of amides is 1. The second-order valence-electron chi connectivity index (χ2n) is 6.94. The topological polar surface area (TPSA) is 91.2 Å². The Morgan fingerprint density at radius 1 is 1.31 bits per heavy atom. The Balaban J connectivity index is 1.47. The van der Waals surface area contributed by atoms with Gasteiger partial charge in [-0.05, 0) is 25.1 Å². The highest BCUT2D eigenvalue weighted by molar-refractivity contribution is 7.15. The lowest BCUT2D eigenvalue weighted by Gasteiger charge is -2.17. The van der Waals surface area contributed by atoms with Crippen LogP contribution in [-0.2, 0) is 4.79 Å². The summed E-state index contributed by atoms with van der Waals surface area (Å²) in [4.78, 5) is 28.1. The molecule has 4 rings (SSSR count). The molecule has 0 unspecified atom stereocenters. The van der Waals surface area contributed by atoms with E-state index >= 15 is 0 Å². The molecule has 2 aromatic heterocycles. The predicted octanol–water partition coefficient (Wildman–Crippen LogP) is 3.77. The molecule has 150 valence electrons. The minimum Gasteiger partial charge on any atom is -0.396 e. The maximum absolute atomic E-state index is 12.2. The van der Waals surface area contributed by atoms with Crippen LogP contribution in [0.15, 0.2) is 42.7 Å². The largest absolute Gasteiger partial charge is 0.396 e. The van der Waals surface area contributed by atoms with E-state index in [1.54, 1.807) is 28.5 Å². The van der Waals surface area contributed by atoms with Crippen LogP contribution in [0.4, 0.5) is 11.8 Å². The molecule has 3 heterocycles. The van der Waals surface area contributed by atoms with Crippen LogP contribution in [-0.4, -0.2) is 39.1 Å². The van der Waals surface area contributed by atoms with Crippen molar-refractivity contribution in [2.45, 2.75) is 19.4 Å². The Morgan fingerprint density at radius 2 is 2.10 bits per heavy atom. The first kappa shape index (κ1) is 19.8. The number of rotatable bonds is 6. The van der Waals surface area contributed by atoms with Gasteiger partial charge in [-0.2, -0.15) is 4.98 Å². The molecule has 2 N–H and O–H groups in total. The zero-order valence-electron chi connectivity index (χ0n) is 15.7. The highest BCUT2D eigenvalue weighted by Gasteiger charge is 2.31. The molecule has 0 spiro atoms. The second kappa shape index (κ2) is 8.44. The van der Waals surface area contributed by atoms with E-state index in [1.807, 2.05) is 37.4 Å². The van der Waals surface area contributed by atoms with Crippen molar-refractivity contribution < 1.29 is 9.90 Å². The Kier molecular flexibility index (Phi) is 5.75. The summed E-state index contributed by atoms with van der Waals surface area (Å²) in [6.07, 6.45) is 3.81. The fourth-order valence-corrected chi connectivity index (χ4v) is 4.22. The van der Waals surface area contributed by atoms with Gasteiger partial charge in [-0.15, -0.1) is 11.3 Å². The average Bonchev–Trinajstić information content (AvgIpc) is 3.36. The molecule has 9 heteroatoms. The number of hydrogen-bond acceptors (Lipinski definition) is 7. The van der Waals surface area contributed by atoms with Gasteiger partial charge in [-0.1, -0.05) is 23.7 Å². The first-order valence-corrected chi connectivity index (χ1v) is 10.5. The molecule has 1 saturated heterocycles. The Bertz CT molecular complexity index is 1010. The third-order valence-corrected chi connectivity index (χ3v) is 6.25. The molecule has 0 aliphatic carbocycles. The van der Waals surface area contributed by atoms with E-state index in [-0.39, 0.29) is 24.5 Å². The van der Waals surface area contributed by atoms with Crippen LogP contribution < -0.4 is 10.2 Å². The molecule has 0 bridgehead atoms. The van der Waals surface area contributed by atoms with Crippen molar-refractivity contribution in [1.29, 1.82) is 0 Å². The van der Waals surface area contributed by atoms with Crippen molar-refractivity contribution in [1.82, 2.24) is 15.0 Å². The quantitative estimate of drug-likeness (QED) is 0.619. The summed E-state index contributed by atoms with van der Waals surface area (Å²) in [5.74, 6) is 0.909. The van der Waals surface area contributed by atoms with Crippen LogP contribution in [0.5, 0.6) is 0 Å². The molecule has 0 saturated carbocycles. The van der Waals surface area contributed by atoms with E-state index in [1.165, 1.54) is 0 Å². The lowest BCUT2D eigenvalue weighted by Crippen LogP contribution is -2.26. The number of thiazole rings is 1. The number of anilines is 2. The maximum atomic E-state index is 12.2. The van der Waals surface area contributed by atoms with Gasteiger partial charge >= 0.3 is 0 Å². The normalized spacial score (nSPS) is 17.6. The number of hydrogen-bond donors (Lipinski definition) is 2. The van der Waals surface area contributed by atoms with E-state index in [4.69, 9.17) is 11.6 Å². The van der Waals surface area contributed by atoms with Crippen LogP contribution in [0, 0.1) is 5.92 Å². The predicted molar refractivity (Wildman–Crippen MR) is 114 cm³/mol. The van der Waals surface area contributed by atoms with Crippen molar-refractivity contribution in [3.05, 3.63) is 52.6 Å². The van der Waals surface area contributed by atoms with Crippen molar-refractivity contribution in [2.24, 2.45) is 5.92 Å². The fourth-order valence-electron chi connectivity index (χ4n) is 3.17. The number of aromatic nitrogens is 3. The van der Waals surface area contributed by atoms with Crippen molar-refractivity contribution >= 4 is 40.6 Å². The van der Waals surface area contributed by atoms with Gasteiger partial charge in [0.1, 0.15) is 10.8 Å². The SMILES string of the molecule is C[C@H](Nc1nccc(N2C[C@H](CO)CC2=O)n1)c1cnc(-c2ccc(Cl)cc2)s1. The molecule has 7 nitrogen and oxygen atoms in total. The number of aliphatic hydroxyl groups excluding tert-OH is 1. The lowest BCUT2D eigenvalue weighted by atomic mass is 10.1. The molecule has 1 fully saturated rings. The molecule has 2 atom stereocenters. The third kappa shape index (κ3) is 4.39. The van der Waals surface area contributed by atoms with Gasteiger partial charge in [0.15, 0.2) is 0 Å². The Labute approximate surface area is 177 Å². The number of halogens is 1. The molecule has 1 aliphatic heterocycles. The summed E-state index contributed by atoms with van der Waals surface area (Å²) in [6, 6.07) is 9.24. The molecule has 1 aliphatic rings. The summed E-state index contributed by atoms with van der Waals surface area (Å²) >= 11 is 7.54. The lowest BCUT2D eigenvalue weighted by molar-refractivity contribution is -0.117. The van der Waals surface area contributed by atoms with Gasteiger partial charge in [0.05, 0.1) is 6.04 Å². The zero-order valence-corrected chi connectivity index (χ0v) is 17.3. The Morgan fingerprint density at radius 3 is 2.83 bits per heavy atom. The molecule has 1 aromatic carbocycles. The van der Waals surface area contributed by atoms with E-state index < -0.39 is 0 Å². The third-order valence-electron chi connectivity index (χ3n) is 4.77. The number of carbonyl (C=O) groups is 1. The molecule has 29 heavy (non-hydrogen) atoms. The number of aliphatic hydroxyl groups is 1. The van der Waals surface area contributed by atoms with E-state index in [0.717, 1.165) is 15.4 Å². The van der Waals surface area contributed by atoms with E-state index in [9.17, 15) is 9.90 Å². The van der Waals surface area contributed by atoms with E-state index in [0.29, 0.717) is 29.8 Å². The number of carbonyl (C=O) groups excluding carboxylic acids is 1. The molecule has 3 aromatic rings. The highest BCUT2D eigenvalue weighted by atomic mass is 35.5. The van der Waals surface area contributed by atoms with Crippen molar-refractivity contribution in [3.8, 4) is 10.6 Å². The van der Waals surface area contributed by atoms with Gasteiger partial charge in [-0.25, -0.2) is 9.97 Å². The molecule has 0 radical (unpaired) electrons. The number of nitrogens with zero attached hydrogens (tertiary/aromatic N) is 4. The first-order chi connectivity index (χ1) is 14.0. The monoisotopic (exact) mass is 429 g/mol. The summed E-state index contributed by atoms with van der Waals surface area (Å²) in [7, 11) is 0. The first-order valence-electron chi connectivity index (χ1n) is 9.26. The van der Waals surface area contributed by atoms with Crippen molar-refractivity contribution in [2.75, 3.05) is 23.4 Å². The highest BCUT2D eigenvalue weighted by Crippen LogP contribution is 2.31. The minimum atomic E-state index is -0.0525. The van der Waals surface area contributed by atoms with Gasteiger partial charge in [0.25, 0.3) is 0 Å². The van der Waals surface area contributed by atoms with Gasteiger partial charge < -0.3 is 10.4 Å². The summed E-state index contributed by atoms with van der Waals surface area (Å²) in [5, 5.41) is 14.2. The standard InChI is InChI=1S/C20H20ClN5O2S/c1-12(16-9-23-19(29-16)14-2-4-15(21)5-3-14)24-20-22-7-6-17(25-20)26-10-13(11-27)8-18(26)28/h2-7,9,12-13,27H,8,10-11H2,1H3,(H,22,24,25)/t12-,13+/m0/s1. The van der Waals surface area contributed by atoms with E-state index in [2.05, 4.69) is 20.3 Å². The Hall–Kier alpha value is -2.55. The number of nitrogens with one attached hydrogen (secondary N) is 1. The molecular formula is C20H20ClN5O2S. The smallest absolute Gasteiger partial charge is 0.228 e. The summed E-state index contributed by atoms with van der Waals surface area (Å²) < 4.78 is 0. The number of benzene rings is 1. The molecule has 1 amide bonds. The second-order valence-corrected chi connectivity index (χ2v) is 8.43. The van der Waals surface area contributed by atoms with Gasteiger partial charge in [0, 0.05) is 53.3 Å². The van der Waals surface area contributed by atoms with Crippen molar-refractivity contribution in [3.63, 3.8) is 0 Å². The fraction of sp³-hybridized carbons (Fsp3) is 0.300. The summed E-state index contributed by atoms with van der Waals surface area (Å²) in [6.45, 7) is 2.48. The van der Waals surface area contributed by atoms with Gasteiger partial charge in [0.2, 0.25) is 11.9 Å².